The Labute approximate surface area is 62.3 Å². The van der Waals surface area contributed by atoms with Crippen molar-refractivity contribution in [2.24, 2.45) is 17.8 Å². The molecule has 0 nitrogen and oxygen atoms in total. The summed E-state index contributed by atoms with van der Waals surface area (Å²) in [5.74, 6) is 3.26. The van der Waals surface area contributed by atoms with E-state index in [1.54, 1.807) is 0 Å². The molecule has 3 atom stereocenters. The van der Waals surface area contributed by atoms with Crippen LogP contribution in [-0.4, -0.2) is 0 Å². The van der Waals surface area contributed by atoms with Gasteiger partial charge in [0.15, 0.2) is 0 Å². The van der Waals surface area contributed by atoms with Gasteiger partial charge in [0.25, 0.3) is 0 Å². The van der Waals surface area contributed by atoms with Crippen molar-refractivity contribution in [3.63, 3.8) is 0 Å². The van der Waals surface area contributed by atoms with E-state index < -0.39 is 0 Å². The summed E-state index contributed by atoms with van der Waals surface area (Å²) in [5.41, 5.74) is 1.84. The van der Waals surface area contributed by atoms with Crippen LogP contribution in [0.5, 0.6) is 0 Å². The zero-order valence-electron chi connectivity index (χ0n) is 6.34. The monoisotopic (exact) mass is 134 g/mol. The second-order valence-electron chi connectivity index (χ2n) is 4.16. The minimum atomic E-state index is 1.05. The van der Waals surface area contributed by atoms with Crippen molar-refractivity contribution in [3.8, 4) is 0 Å². The molecule has 54 valence electrons. The van der Waals surface area contributed by atoms with Gasteiger partial charge in [-0.05, 0) is 43.4 Å². The Morgan fingerprint density at radius 1 is 1.30 bits per heavy atom. The molecule has 0 radical (unpaired) electrons. The summed E-state index contributed by atoms with van der Waals surface area (Å²) >= 11 is 0. The van der Waals surface area contributed by atoms with E-state index in [1.165, 1.54) is 32.1 Å². The Bertz CT molecular complexity index is 190. The van der Waals surface area contributed by atoms with Crippen LogP contribution in [-0.2, 0) is 0 Å². The first kappa shape index (κ1) is 5.40. The van der Waals surface area contributed by atoms with Crippen LogP contribution in [0, 0.1) is 17.8 Å². The average Bonchev–Trinajstić information content (AvgIpc) is 2.64. The van der Waals surface area contributed by atoms with Gasteiger partial charge in [0.05, 0.1) is 0 Å². The third-order valence-corrected chi connectivity index (χ3v) is 3.54. The van der Waals surface area contributed by atoms with Crippen LogP contribution in [0.3, 0.4) is 0 Å². The van der Waals surface area contributed by atoms with Gasteiger partial charge in [-0.1, -0.05) is 18.1 Å². The van der Waals surface area contributed by atoms with Crippen LogP contribution in [0.4, 0.5) is 0 Å². The fraction of sp³-hybridized carbons (Fsp3) is 0.800. The molecule has 2 fully saturated rings. The number of allylic oxidation sites excluding steroid dienone is 2. The van der Waals surface area contributed by atoms with Gasteiger partial charge in [-0.3, -0.25) is 0 Å². The second-order valence-corrected chi connectivity index (χ2v) is 4.16. The number of hydrogen-bond donors (Lipinski definition) is 0. The van der Waals surface area contributed by atoms with Gasteiger partial charge in [-0.2, -0.15) is 0 Å². The normalized spacial score (nSPS) is 49.6. The Kier molecular flexibility index (Phi) is 0.898. The van der Waals surface area contributed by atoms with Gasteiger partial charge >= 0.3 is 0 Å². The molecule has 0 amide bonds. The number of fused-ring (bicyclic) bond motifs is 3. The van der Waals surface area contributed by atoms with Crippen LogP contribution in [0.2, 0.25) is 0 Å². The molecular formula is C10H14. The Morgan fingerprint density at radius 2 is 2.30 bits per heavy atom. The third-order valence-electron chi connectivity index (χ3n) is 3.54. The van der Waals surface area contributed by atoms with Crippen molar-refractivity contribution in [3.05, 3.63) is 11.6 Å². The van der Waals surface area contributed by atoms with E-state index in [4.69, 9.17) is 0 Å². The summed E-state index contributed by atoms with van der Waals surface area (Å²) in [6.07, 6.45) is 10.1. The zero-order chi connectivity index (χ0) is 6.55. The van der Waals surface area contributed by atoms with Crippen molar-refractivity contribution in [2.45, 2.75) is 32.1 Å². The van der Waals surface area contributed by atoms with Crippen LogP contribution in [0.1, 0.15) is 32.1 Å². The van der Waals surface area contributed by atoms with Crippen molar-refractivity contribution < 1.29 is 0 Å². The lowest BCUT2D eigenvalue weighted by molar-refractivity contribution is 0.422. The van der Waals surface area contributed by atoms with E-state index in [2.05, 4.69) is 6.08 Å². The molecule has 0 saturated heterocycles. The maximum Gasteiger partial charge on any atom is -0.0169 e. The zero-order valence-corrected chi connectivity index (χ0v) is 6.34. The lowest BCUT2D eigenvalue weighted by Crippen LogP contribution is -2.08. The molecule has 0 heteroatoms. The number of hydrogen-bond acceptors (Lipinski definition) is 0. The molecule has 0 aromatic heterocycles. The molecule has 2 saturated carbocycles. The van der Waals surface area contributed by atoms with E-state index >= 15 is 0 Å². The predicted octanol–water partition coefficient (Wildman–Crippen LogP) is 2.75. The van der Waals surface area contributed by atoms with E-state index in [-0.39, 0.29) is 0 Å². The first-order valence-corrected chi connectivity index (χ1v) is 4.66. The van der Waals surface area contributed by atoms with E-state index in [0.29, 0.717) is 0 Å². The molecule has 0 aromatic carbocycles. The summed E-state index contributed by atoms with van der Waals surface area (Å²) in [7, 11) is 0. The third kappa shape index (κ3) is 0.574. The smallest absolute Gasteiger partial charge is 0.0169 e. The summed E-state index contributed by atoms with van der Waals surface area (Å²) < 4.78 is 0. The van der Waals surface area contributed by atoms with Crippen molar-refractivity contribution in [2.75, 3.05) is 0 Å². The second kappa shape index (κ2) is 1.66. The van der Waals surface area contributed by atoms with Gasteiger partial charge in [0.1, 0.15) is 0 Å². The topological polar surface area (TPSA) is 0 Å². The van der Waals surface area contributed by atoms with Crippen LogP contribution >= 0.6 is 0 Å². The summed E-state index contributed by atoms with van der Waals surface area (Å²) in [6.45, 7) is 0. The molecule has 3 aliphatic carbocycles. The molecule has 0 N–H and O–H groups in total. The molecule has 0 aromatic rings. The molecule has 3 rings (SSSR count). The fourth-order valence-electron chi connectivity index (χ4n) is 2.93. The molecule has 3 aliphatic rings. The van der Waals surface area contributed by atoms with Crippen molar-refractivity contribution in [1.29, 1.82) is 0 Å². The SMILES string of the molecule is C1=C2CCCC[C@@H]2[C@@H]2C[C@H]12. The van der Waals surface area contributed by atoms with Crippen molar-refractivity contribution in [1.82, 2.24) is 0 Å². The molecule has 0 heterocycles. The van der Waals surface area contributed by atoms with E-state index in [1.807, 2.05) is 5.57 Å². The first-order chi connectivity index (χ1) is 4.95. The standard InChI is InChI=1S/C10H14/c1-2-4-9-7(3-1)5-8-6-10(8)9/h5,8-10H,1-4,6H2/t8-,9-,10+/m0/s1. The number of rotatable bonds is 0. The van der Waals surface area contributed by atoms with Crippen LogP contribution in [0.15, 0.2) is 11.6 Å². The fourth-order valence-corrected chi connectivity index (χ4v) is 2.93. The lowest BCUT2D eigenvalue weighted by Gasteiger charge is -2.22. The Morgan fingerprint density at radius 3 is 3.20 bits per heavy atom. The van der Waals surface area contributed by atoms with Gasteiger partial charge in [-0.15, -0.1) is 0 Å². The molecule has 0 unspecified atom stereocenters. The molecule has 10 heavy (non-hydrogen) atoms. The molecule has 0 spiro atoms. The summed E-state index contributed by atoms with van der Waals surface area (Å²) in [4.78, 5) is 0. The summed E-state index contributed by atoms with van der Waals surface area (Å²) in [5, 5.41) is 0. The highest BCUT2D eigenvalue weighted by Gasteiger charge is 2.48. The lowest BCUT2D eigenvalue weighted by atomic mass is 9.84. The highest BCUT2D eigenvalue weighted by atomic mass is 14.5. The minimum Gasteiger partial charge on any atom is -0.0816 e. The van der Waals surface area contributed by atoms with Crippen molar-refractivity contribution >= 4 is 0 Å². The van der Waals surface area contributed by atoms with Gasteiger partial charge in [0.2, 0.25) is 0 Å². The average molecular weight is 134 g/mol. The van der Waals surface area contributed by atoms with Crippen LogP contribution < -0.4 is 0 Å². The van der Waals surface area contributed by atoms with Gasteiger partial charge in [0, 0.05) is 0 Å². The first-order valence-electron chi connectivity index (χ1n) is 4.66. The predicted molar refractivity (Wildman–Crippen MR) is 41.6 cm³/mol. The highest BCUT2D eigenvalue weighted by molar-refractivity contribution is 5.26. The maximum absolute atomic E-state index is 2.59. The molecule has 0 bridgehead atoms. The Balaban J connectivity index is 1.91. The van der Waals surface area contributed by atoms with E-state index in [0.717, 1.165) is 17.8 Å². The van der Waals surface area contributed by atoms with Gasteiger partial charge in [-0.25, -0.2) is 0 Å². The summed E-state index contributed by atoms with van der Waals surface area (Å²) in [6, 6.07) is 0. The van der Waals surface area contributed by atoms with Gasteiger partial charge < -0.3 is 0 Å². The highest BCUT2D eigenvalue weighted by Crippen LogP contribution is 2.57. The largest absolute Gasteiger partial charge is 0.0816 e. The Hall–Kier alpha value is -0.260. The quantitative estimate of drug-likeness (QED) is 0.447. The molecule has 0 aliphatic heterocycles. The van der Waals surface area contributed by atoms with E-state index in [9.17, 15) is 0 Å². The molecular weight excluding hydrogens is 120 g/mol. The van der Waals surface area contributed by atoms with Crippen LogP contribution in [0.25, 0.3) is 0 Å². The minimum absolute atomic E-state index is 1.05. The maximum atomic E-state index is 2.59.